The maximum Gasteiger partial charge on any atom is 0.225 e. The van der Waals surface area contributed by atoms with Gasteiger partial charge in [0.1, 0.15) is 5.82 Å². The van der Waals surface area contributed by atoms with Crippen LogP contribution >= 0.6 is 0 Å². The fraction of sp³-hybridized carbons (Fsp3) is 0.273. The maximum atomic E-state index is 5.41. The van der Waals surface area contributed by atoms with Gasteiger partial charge in [-0.1, -0.05) is 29.8 Å². The van der Waals surface area contributed by atoms with Crippen molar-refractivity contribution in [3.63, 3.8) is 0 Å². The Labute approximate surface area is 171 Å². The van der Waals surface area contributed by atoms with Gasteiger partial charge in [-0.15, -0.1) is 0 Å². The highest BCUT2D eigenvalue weighted by Crippen LogP contribution is 2.40. The summed E-state index contributed by atoms with van der Waals surface area (Å²) in [5, 5.41) is 6.56. The normalized spacial score (nSPS) is 10.4. The molecule has 7 nitrogen and oxygen atoms in total. The SMILES string of the molecule is COc1cc(Nc2cc(C)nc(NCc3ccc(C)cc3)n2)cc(OC)c1OC. The van der Waals surface area contributed by atoms with E-state index in [4.69, 9.17) is 14.2 Å². The van der Waals surface area contributed by atoms with E-state index in [1.165, 1.54) is 11.1 Å². The van der Waals surface area contributed by atoms with E-state index in [0.29, 0.717) is 35.6 Å². The molecule has 7 heteroatoms. The first kappa shape index (κ1) is 20.3. The molecule has 29 heavy (non-hydrogen) atoms. The molecule has 0 fully saturated rings. The summed E-state index contributed by atoms with van der Waals surface area (Å²) in [6, 6.07) is 13.9. The van der Waals surface area contributed by atoms with Gasteiger partial charge in [0.15, 0.2) is 11.5 Å². The second-order valence-corrected chi connectivity index (χ2v) is 6.60. The van der Waals surface area contributed by atoms with Gasteiger partial charge in [0.2, 0.25) is 11.7 Å². The molecular formula is C22H26N4O3. The summed E-state index contributed by atoms with van der Waals surface area (Å²) in [5.74, 6) is 2.90. The Morgan fingerprint density at radius 2 is 1.48 bits per heavy atom. The average molecular weight is 394 g/mol. The zero-order chi connectivity index (χ0) is 20.8. The first-order valence-corrected chi connectivity index (χ1v) is 9.24. The van der Waals surface area contributed by atoms with Gasteiger partial charge in [-0.05, 0) is 19.4 Å². The van der Waals surface area contributed by atoms with Gasteiger partial charge in [-0.3, -0.25) is 0 Å². The molecule has 0 aliphatic heterocycles. The van der Waals surface area contributed by atoms with Crippen molar-refractivity contribution in [2.24, 2.45) is 0 Å². The summed E-state index contributed by atoms with van der Waals surface area (Å²) in [4.78, 5) is 9.04. The van der Waals surface area contributed by atoms with Crippen LogP contribution in [0.4, 0.5) is 17.5 Å². The molecule has 152 valence electrons. The molecule has 0 saturated carbocycles. The number of benzene rings is 2. The number of hydrogen-bond donors (Lipinski definition) is 2. The molecule has 0 aliphatic rings. The number of aromatic nitrogens is 2. The second kappa shape index (κ2) is 9.14. The highest BCUT2D eigenvalue weighted by atomic mass is 16.5. The summed E-state index contributed by atoms with van der Waals surface area (Å²) in [7, 11) is 4.75. The topological polar surface area (TPSA) is 77.5 Å². The Kier molecular flexibility index (Phi) is 6.39. The summed E-state index contributed by atoms with van der Waals surface area (Å²) in [6.45, 7) is 4.65. The molecule has 3 rings (SSSR count). The van der Waals surface area contributed by atoms with E-state index in [9.17, 15) is 0 Å². The van der Waals surface area contributed by atoms with Gasteiger partial charge in [-0.2, -0.15) is 4.98 Å². The van der Waals surface area contributed by atoms with Crippen LogP contribution in [-0.4, -0.2) is 31.3 Å². The second-order valence-electron chi connectivity index (χ2n) is 6.60. The number of ether oxygens (including phenoxy) is 3. The van der Waals surface area contributed by atoms with Crippen LogP contribution in [0.3, 0.4) is 0 Å². The molecule has 0 amide bonds. The fourth-order valence-corrected chi connectivity index (χ4v) is 2.90. The van der Waals surface area contributed by atoms with Crippen molar-refractivity contribution in [2.45, 2.75) is 20.4 Å². The monoisotopic (exact) mass is 394 g/mol. The predicted molar refractivity (Wildman–Crippen MR) is 115 cm³/mol. The lowest BCUT2D eigenvalue weighted by molar-refractivity contribution is 0.324. The number of aryl methyl sites for hydroxylation is 2. The van der Waals surface area contributed by atoms with Gasteiger partial charge in [0.05, 0.1) is 21.3 Å². The number of hydrogen-bond acceptors (Lipinski definition) is 7. The quantitative estimate of drug-likeness (QED) is 0.583. The molecule has 0 bridgehead atoms. The number of rotatable bonds is 8. The Morgan fingerprint density at radius 3 is 2.07 bits per heavy atom. The molecule has 0 saturated heterocycles. The van der Waals surface area contributed by atoms with Gasteiger partial charge in [0.25, 0.3) is 0 Å². The van der Waals surface area contributed by atoms with Crippen molar-refractivity contribution >= 4 is 17.5 Å². The lowest BCUT2D eigenvalue weighted by Gasteiger charge is -2.15. The summed E-state index contributed by atoms with van der Waals surface area (Å²) in [5.41, 5.74) is 4.01. The summed E-state index contributed by atoms with van der Waals surface area (Å²) >= 11 is 0. The molecule has 0 aliphatic carbocycles. The van der Waals surface area contributed by atoms with Crippen LogP contribution in [0.15, 0.2) is 42.5 Å². The van der Waals surface area contributed by atoms with Crippen LogP contribution in [0.1, 0.15) is 16.8 Å². The first-order valence-electron chi connectivity index (χ1n) is 9.24. The van der Waals surface area contributed by atoms with E-state index in [0.717, 1.165) is 11.4 Å². The summed E-state index contributed by atoms with van der Waals surface area (Å²) in [6.07, 6.45) is 0. The largest absolute Gasteiger partial charge is 0.493 e. The van der Waals surface area contributed by atoms with Crippen LogP contribution in [0, 0.1) is 13.8 Å². The first-order chi connectivity index (χ1) is 14.0. The molecule has 1 aromatic heterocycles. The predicted octanol–water partition coefficient (Wildman–Crippen LogP) is 4.47. The Morgan fingerprint density at radius 1 is 0.828 bits per heavy atom. The minimum absolute atomic E-state index is 0.542. The average Bonchev–Trinajstić information content (AvgIpc) is 2.72. The van der Waals surface area contributed by atoms with E-state index in [1.807, 2.05) is 25.1 Å². The molecule has 2 N–H and O–H groups in total. The van der Waals surface area contributed by atoms with Crippen molar-refractivity contribution in [2.75, 3.05) is 32.0 Å². The van der Waals surface area contributed by atoms with Crippen molar-refractivity contribution in [1.29, 1.82) is 0 Å². The van der Waals surface area contributed by atoms with E-state index in [1.54, 1.807) is 21.3 Å². The Bertz CT molecular complexity index is 949. The maximum absolute atomic E-state index is 5.41. The Hall–Kier alpha value is -3.48. The molecule has 1 heterocycles. The van der Waals surface area contributed by atoms with E-state index < -0.39 is 0 Å². The number of nitrogens with one attached hydrogen (secondary N) is 2. The van der Waals surface area contributed by atoms with Crippen molar-refractivity contribution in [3.8, 4) is 17.2 Å². The third kappa shape index (κ3) is 5.07. The van der Waals surface area contributed by atoms with Gasteiger partial charge in [0, 0.05) is 36.1 Å². The van der Waals surface area contributed by atoms with Crippen LogP contribution in [0.25, 0.3) is 0 Å². The Balaban J connectivity index is 1.80. The van der Waals surface area contributed by atoms with Gasteiger partial charge in [-0.25, -0.2) is 4.98 Å². The highest BCUT2D eigenvalue weighted by molar-refractivity contribution is 5.67. The smallest absolute Gasteiger partial charge is 0.225 e. The molecule has 0 atom stereocenters. The molecule has 0 spiro atoms. The minimum atomic E-state index is 0.542. The fourth-order valence-electron chi connectivity index (χ4n) is 2.90. The molecule has 2 aromatic carbocycles. The van der Waals surface area contributed by atoms with Gasteiger partial charge < -0.3 is 24.8 Å². The van der Waals surface area contributed by atoms with Crippen molar-refractivity contribution in [3.05, 3.63) is 59.3 Å². The molecule has 0 radical (unpaired) electrons. The number of anilines is 3. The third-order valence-corrected chi connectivity index (χ3v) is 4.36. The van der Waals surface area contributed by atoms with E-state index in [-0.39, 0.29) is 0 Å². The van der Waals surface area contributed by atoms with Crippen LogP contribution in [0.5, 0.6) is 17.2 Å². The van der Waals surface area contributed by atoms with Crippen molar-refractivity contribution in [1.82, 2.24) is 9.97 Å². The van der Waals surface area contributed by atoms with Gasteiger partial charge >= 0.3 is 0 Å². The van der Waals surface area contributed by atoms with Crippen LogP contribution in [0.2, 0.25) is 0 Å². The number of nitrogens with zero attached hydrogens (tertiary/aromatic N) is 2. The molecule has 3 aromatic rings. The minimum Gasteiger partial charge on any atom is -0.493 e. The molecule has 0 unspecified atom stereocenters. The van der Waals surface area contributed by atoms with E-state index in [2.05, 4.69) is 51.8 Å². The lowest BCUT2D eigenvalue weighted by Crippen LogP contribution is -2.06. The van der Waals surface area contributed by atoms with E-state index >= 15 is 0 Å². The molecular weight excluding hydrogens is 368 g/mol. The number of methoxy groups -OCH3 is 3. The van der Waals surface area contributed by atoms with Crippen LogP contribution < -0.4 is 24.8 Å². The van der Waals surface area contributed by atoms with Crippen molar-refractivity contribution < 1.29 is 14.2 Å². The zero-order valence-electron chi connectivity index (χ0n) is 17.4. The van der Waals surface area contributed by atoms with Crippen LogP contribution in [-0.2, 0) is 6.54 Å². The standard InChI is InChI=1S/C22H26N4O3/c1-14-6-8-16(9-7-14)13-23-22-24-15(2)10-20(26-22)25-17-11-18(27-3)21(29-5)19(12-17)28-4/h6-12H,13H2,1-5H3,(H2,23,24,25,26). The lowest BCUT2D eigenvalue weighted by atomic mass is 10.1. The summed E-state index contributed by atoms with van der Waals surface area (Å²) < 4.78 is 16.2. The third-order valence-electron chi connectivity index (χ3n) is 4.36. The zero-order valence-corrected chi connectivity index (χ0v) is 17.4. The highest BCUT2D eigenvalue weighted by Gasteiger charge is 2.14.